The highest BCUT2D eigenvalue weighted by Crippen LogP contribution is 2.28. The lowest BCUT2D eigenvalue weighted by Crippen LogP contribution is -2.43. The Morgan fingerprint density at radius 2 is 1.79 bits per heavy atom. The first kappa shape index (κ1) is 27.5. The zero-order valence-corrected chi connectivity index (χ0v) is 21.5. The molecule has 1 saturated carbocycles. The lowest BCUT2D eigenvalue weighted by molar-refractivity contribution is 0.0399. The van der Waals surface area contributed by atoms with E-state index in [0.717, 1.165) is 37.1 Å². The van der Waals surface area contributed by atoms with Crippen LogP contribution in [-0.4, -0.2) is 61.0 Å². The lowest BCUT2D eigenvalue weighted by Gasteiger charge is -2.30. The fraction of sp³-hybridized carbons (Fsp3) is 0.444. The lowest BCUT2D eigenvalue weighted by atomic mass is 9.91. The van der Waals surface area contributed by atoms with Gasteiger partial charge < -0.3 is 36.3 Å². The second-order valence-corrected chi connectivity index (χ2v) is 9.12. The van der Waals surface area contributed by atoms with E-state index in [4.69, 9.17) is 25.7 Å². The second-order valence-electron chi connectivity index (χ2n) is 9.12. The molecule has 1 aliphatic carbocycles. The molecule has 0 saturated heterocycles. The molecule has 0 spiro atoms. The van der Waals surface area contributed by atoms with Crippen LogP contribution < -0.4 is 26.8 Å². The zero-order chi connectivity index (χ0) is 26.9. The number of halogens is 1. The molecule has 2 unspecified atom stereocenters. The number of carbonyl (C=O) groups is 1. The van der Waals surface area contributed by atoms with Gasteiger partial charge in [0.15, 0.2) is 11.6 Å². The molecular formula is C27H35FN6O4. The van der Waals surface area contributed by atoms with Crippen molar-refractivity contribution in [2.45, 2.75) is 44.7 Å². The van der Waals surface area contributed by atoms with E-state index in [1.54, 1.807) is 12.1 Å². The molecule has 4 rings (SSSR count). The summed E-state index contributed by atoms with van der Waals surface area (Å²) in [5, 5.41) is 7.11. The number of hydrogen-bond donors (Lipinski definition) is 4. The predicted molar refractivity (Wildman–Crippen MR) is 144 cm³/mol. The highest BCUT2D eigenvalue weighted by molar-refractivity contribution is 5.99. The smallest absolute Gasteiger partial charge is 0.252 e. The number of nitrogens with two attached hydrogens (primary N) is 2. The SMILES string of the molecule is CCOCCOCCOc1ccc2ccc(Nc3nc(NC4CCCCC4N)c(F)cc3C(N)=O)cc2n1. The normalized spacial score (nSPS) is 17.3. The molecule has 3 aromatic rings. The van der Waals surface area contributed by atoms with Gasteiger partial charge in [0.1, 0.15) is 12.4 Å². The monoisotopic (exact) mass is 526 g/mol. The summed E-state index contributed by atoms with van der Waals surface area (Å²) in [5.74, 6) is -0.834. The highest BCUT2D eigenvalue weighted by Gasteiger charge is 2.24. The van der Waals surface area contributed by atoms with Gasteiger partial charge in [-0.25, -0.2) is 14.4 Å². The molecule has 1 fully saturated rings. The van der Waals surface area contributed by atoms with E-state index in [0.29, 0.717) is 50.1 Å². The molecule has 204 valence electrons. The maximum atomic E-state index is 14.8. The number of nitrogens with one attached hydrogen (secondary N) is 2. The third-order valence-electron chi connectivity index (χ3n) is 6.37. The fourth-order valence-electron chi connectivity index (χ4n) is 4.35. The minimum atomic E-state index is -0.794. The largest absolute Gasteiger partial charge is 0.475 e. The molecule has 1 aromatic carbocycles. The maximum absolute atomic E-state index is 14.8. The molecule has 0 bridgehead atoms. The number of ether oxygens (including phenoxy) is 3. The van der Waals surface area contributed by atoms with Crippen molar-refractivity contribution in [3.05, 3.63) is 47.8 Å². The van der Waals surface area contributed by atoms with Crippen molar-refractivity contribution in [1.29, 1.82) is 0 Å². The first-order chi connectivity index (χ1) is 18.4. The minimum Gasteiger partial charge on any atom is -0.475 e. The van der Waals surface area contributed by atoms with Crippen molar-refractivity contribution in [3.63, 3.8) is 0 Å². The van der Waals surface area contributed by atoms with Crippen molar-refractivity contribution in [3.8, 4) is 5.88 Å². The average Bonchev–Trinajstić information content (AvgIpc) is 2.90. The van der Waals surface area contributed by atoms with Gasteiger partial charge in [-0.05, 0) is 44.0 Å². The molecule has 1 aliphatic rings. The third-order valence-corrected chi connectivity index (χ3v) is 6.37. The number of primary amides is 1. The summed E-state index contributed by atoms with van der Waals surface area (Å²) in [6.07, 6.45) is 3.74. The van der Waals surface area contributed by atoms with E-state index < -0.39 is 11.7 Å². The Morgan fingerprint density at radius 1 is 1.03 bits per heavy atom. The Hall–Kier alpha value is -3.54. The molecule has 2 atom stereocenters. The first-order valence-corrected chi connectivity index (χ1v) is 12.9. The summed E-state index contributed by atoms with van der Waals surface area (Å²) >= 11 is 0. The van der Waals surface area contributed by atoms with Gasteiger partial charge in [0.25, 0.3) is 5.91 Å². The number of aromatic nitrogens is 2. The van der Waals surface area contributed by atoms with Crippen LogP contribution in [0.5, 0.6) is 5.88 Å². The fourth-order valence-corrected chi connectivity index (χ4v) is 4.35. The molecule has 0 aliphatic heterocycles. The third kappa shape index (κ3) is 7.27. The van der Waals surface area contributed by atoms with Crippen LogP contribution in [-0.2, 0) is 9.47 Å². The number of pyridine rings is 2. The molecule has 38 heavy (non-hydrogen) atoms. The number of nitrogens with zero attached hydrogens (tertiary/aromatic N) is 2. The van der Waals surface area contributed by atoms with Gasteiger partial charge in [0, 0.05) is 35.8 Å². The van der Waals surface area contributed by atoms with Crippen LogP contribution in [0.4, 0.5) is 21.7 Å². The Bertz CT molecular complexity index is 1240. The van der Waals surface area contributed by atoms with Crippen molar-refractivity contribution in [2.24, 2.45) is 11.5 Å². The topological polar surface area (TPSA) is 147 Å². The van der Waals surface area contributed by atoms with Crippen LogP contribution in [0.25, 0.3) is 10.9 Å². The van der Waals surface area contributed by atoms with E-state index in [2.05, 4.69) is 20.6 Å². The van der Waals surface area contributed by atoms with E-state index in [9.17, 15) is 9.18 Å². The van der Waals surface area contributed by atoms with Gasteiger partial charge in [-0.15, -0.1) is 0 Å². The number of rotatable bonds is 13. The summed E-state index contributed by atoms with van der Waals surface area (Å²) in [6, 6.07) is 10.1. The number of amides is 1. The van der Waals surface area contributed by atoms with Crippen LogP contribution in [0, 0.1) is 5.82 Å². The average molecular weight is 527 g/mol. The molecule has 0 radical (unpaired) electrons. The molecule has 2 aromatic heterocycles. The molecule has 6 N–H and O–H groups in total. The standard InChI is InChI=1S/C27H35FN6O4/c1-2-36-11-12-37-13-14-38-24-10-8-17-7-9-18(15-23(17)32-24)31-26-19(25(30)35)16-20(28)27(34-26)33-22-6-4-3-5-21(22)29/h7-10,15-16,21-22H,2-6,11-14,29H2,1H3,(H2,30,35)(H2,31,33,34). The summed E-state index contributed by atoms with van der Waals surface area (Å²) in [4.78, 5) is 21.0. The van der Waals surface area contributed by atoms with Crippen molar-refractivity contribution in [1.82, 2.24) is 9.97 Å². The van der Waals surface area contributed by atoms with Crippen LogP contribution in [0.15, 0.2) is 36.4 Å². The summed E-state index contributed by atoms with van der Waals surface area (Å²) in [5.41, 5.74) is 12.9. The Kier molecular flexibility index (Phi) is 9.63. The second kappa shape index (κ2) is 13.3. The zero-order valence-electron chi connectivity index (χ0n) is 21.5. The quantitative estimate of drug-likeness (QED) is 0.245. The number of benzene rings is 1. The van der Waals surface area contributed by atoms with Gasteiger partial charge >= 0.3 is 0 Å². The Morgan fingerprint density at radius 3 is 2.58 bits per heavy atom. The number of carbonyl (C=O) groups excluding carboxylic acids is 1. The van der Waals surface area contributed by atoms with Crippen LogP contribution in [0.3, 0.4) is 0 Å². The molecular weight excluding hydrogens is 491 g/mol. The first-order valence-electron chi connectivity index (χ1n) is 12.9. The Labute approximate surface area is 221 Å². The molecule has 2 heterocycles. The maximum Gasteiger partial charge on any atom is 0.252 e. The number of hydrogen-bond acceptors (Lipinski definition) is 9. The number of fused-ring (bicyclic) bond motifs is 1. The van der Waals surface area contributed by atoms with Crippen LogP contribution >= 0.6 is 0 Å². The van der Waals surface area contributed by atoms with Gasteiger partial charge in [-0.3, -0.25) is 4.79 Å². The van der Waals surface area contributed by atoms with Crippen molar-refractivity contribution < 1.29 is 23.4 Å². The van der Waals surface area contributed by atoms with E-state index >= 15 is 0 Å². The number of anilines is 3. The van der Waals surface area contributed by atoms with Crippen molar-refractivity contribution >= 4 is 34.1 Å². The van der Waals surface area contributed by atoms with Crippen LogP contribution in [0.1, 0.15) is 43.0 Å². The van der Waals surface area contributed by atoms with Gasteiger partial charge in [0.2, 0.25) is 5.88 Å². The van der Waals surface area contributed by atoms with Crippen LogP contribution in [0.2, 0.25) is 0 Å². The van der Waals surface area contributed by atoms with Crippen molar-refractivity contribution in [2.75, 3.05) is 43.7 Å². The van der Waals surface area contributed by atoms with Gasteiger partial charge in [-0.2, -0.15) is 0 Å². The van der Waals surface area contributed by atoms with E-state index in [-0.39, 0.29) is 29.3 Å². The predicted octanol–water partition coefficient (Wildman–Crippen LogP) is 3.73. The van der Waals surface area contributed by atoms with E-state index in [1.165, 1.54) is 0 Å². The molecule has 1 amide bonds. The summed E-state index contributed by atoms with van der Waals surface area (Å²) in [7, 11) is 0. The summed E-state index contributed by atoms with van der Waals surface area (Å²) < 4.78 is 31.2. The van der Waals surface area contributed by atoms with Gasteiger partial charge in [0.05, 0.1) is 30.9 Å². The Balaban J connectivity index is 1.48. The van der Waals surface area contributed by atoms with E-state index in [1.807, 2.05) is 25.1 Å². The minimum absolute atomic E-state index is 0.0259. The molecule has 10 nitrogen and oxygen atoms in total. The summed E-state index contributed by atoms with van der Waals surface area (Å²) in [6.45, 7) is 4.42. The van der Waals surface area contributed by atoms with Gasteiger partial charge in [-0.1, -0.05) is 18.9 Å². The highest BCUT2D eigenvalue weighted by atomic mass is 19.1. The molecule has 11 heteroatoms.